The molecule has 3 aromatic rings. The molecule has 104 valence electrons. The number of benzene rings is 2. The number of thiocarbonyl (C=S) groups is 1. The van der Waals surface area contributed by atoms with Gasteiger partial charge in [0.1, 0.15) is 0 Å². The minimum Gasteiger partial charge on any atom is -0.332 e. The van der Waals surface area contributed by atoms with E-state index in [2.05, 4.69) is 15.6 Å². The van der Waals surface area contributed by atoms with Crippen LogP contribution in [0.1, 0.15) is 0 Å². The van der Waals surface area contributed by atoms with E-state index >= 15 is 0 Å². The van der Waals surface area contributed by atoms with Crippen molar-refractivity contribution in [3.05, 3.63) is 65.8 Å². The molecule has 2 aromatic carbocycles. The molecule has 1 aromatic heterocycles. The van der Waals surface area contributed by atoms with Gasteiger partial charge in [0.05, 0.1) is 11.2 Å². The smallest absolute Gasteiger partial charge is 0.175 e. The van der Waals surface area contributed by atoms with Crippen LogP contribution in [0.2, 0.25) is 5.02 Å². The SMILES string of the molecule is S=C(Nc1cccc(Cl)c1)Nc1cccc2cccnc12. The number of rotatable bonds is 2. The summed E-state index contributed by atoms with van der Waals surface area (Å²) in [7, 11) is 0. The Morgan fingerprint density at radius 1 is 1.00 bits per heavy atom. The zero-order valence-electron chi connectivity index (χ0n) is 11.0. The standard InChI is InChI=1S/C16H12ClN3S/c17-12-6-2-7-13(10-12)19-16(21)20-14-8-1-4-11-5-3-9-18-15(11)14/h1-10H,(H2,19,20,21). The van der Waals surface area contributed by atoms with Crippen molar-refractivity contribution in [2.75, 3.05) is 10.6 Å². The van der Waals surface area contributed by atoms with Crippen LogP contribution in [0.3, 0.4) is 0 Å². The van der Waals surface area contributed by atoms with E-state index in [4.69, 9.17) is 23.8 Å². The van der Waals surface area contributed by atoms with E-state index in [1.165, 1.54) is 0 Å². The first kappa shape index (κ1) is 13.8. The van der Waals surface area contributed by atoms with E-state index in [0.29, 0.717) is 10.1 Å². The summed E-state index contributed by atoms with van der Waals surface area (Å²) in [6, 6.07) is 17.3. The summed E-state index contributed by atoms with van der Waals surface area (Å²) in [5, 5.41) is 8.49. The van der Waals surface area contributed by atoms with E-state index in [-0.39, 0.29) is 0 Å². The quantitative estimate of drug-likeness (QED) is 0.673. The molecule has 0 spiro atoms. The van der Waals surface area contributed by atoms with Crippen LogP contribution in [0.15, 0.2) is 60.8 Å². The second kappa shape index (κ2) is 6.08. The zero-order valence-corrected chi connectivity index (χ0v) is 12.6. The average Bonchev–Trinajstić information content (AvgIpc) is 2.47. The fourth-order valence-electron chi connectivity index (χ4n) is 2.06. The van der Waals surface area contributed by atoms with Gasteiger partial charge < -0.3 is 10.6 Å². The van der Waals surface area contributed by atoms with Gasteiger partial charge in [-0.2, -0.15) is 0 Å². The molecule has 0 aliphatic rings. The molecule has 2 N–H and O–H groups in total. The molecule has 0 amide bonds. The first-order valence-corrected chi connectivity index (χ1v) is 7.18. The lowest BCUT2D eigenvalue weighted by Gasteiger charge is -2.12. The number of anilines is 2. The van der Waals surface area contributed by atoms with Crippen molar-refractivity contribution in [1.29, 1.82) is 0 Å². The summed E-state index contributed by atoms with van der Waals surface area (Å²) in [4.78, 5) is 4.38. The van der Waals surface area contributed by atoms with Crippen molar-refractivity contribution in [3.8, 4) is 0 Å². The van der Waals surface area contributed by atoms with Gasteiger partial charge in [-0.15, -0.1) is 0 Å². The zero-order chi connectivity index (χ0) is 14.7. The predicted molar refractivity (Wildman–Crippen MR) is 93.0 cm³/mol. The fraction of sp³-hybridized carbons (Fsp3) is 0. The van der Waals surface area contributed by atoms with Gasteiger partial charge in [-0.1, -0.05) is 35.9 Å². The number of pyridine rings is 1. The summed E-state index contributed by atoms with van der Waals surface area (Å²) in [6.07, 6.45) is 1.76. The molecule has 3 rings (SSSR count). The number of fused-ring (bicyclic) bond motifs is 1. The van der Waals surface area contributed by atoms with Crippen LogP contribution >= 0.6 is 23.8 Å². The van der Waals surface area contributed by atoms with E-state index in [1.807, 2.05) is 54.6 Å². The minimum absolute atomic E-state index is 0.496. The minimum atomic E-state index is 0.496. The maximum Gasteiger partial charge on any atom is 0.175 e. The van der Waals surface area contributed by atoms with Crippen molar-refractivity contribution >= 4 is 51.2 Å². The second-order valence-electron chi connectivity index (χ2n) is 4.47. The number of nitrogens with zero attached hydrogens (tertiary/aromatic N) is 1. The van der Waals surface area contributed by atoms with Gasteiger partial charge in [0.25, 0.3) is 0 Å². The number of aromatic nitrogens is 1. The molecular formula is C16H12ClN3S. The van der Waals surface area contributed by atoms with Gasteiger partial charge in [0.15, 0.2) is 5.11 Å². The molecule has 0 saturated carbocycles. The molecule has 0 radical (unpaired) electrons. The third-order valence-corrected chi connectivity index (χ3v) is 3.40. The first-order valence-electron chi connectivity index (χ1n) is 6.40. The Morgan fingerprint density at radius 3 is 2.67 bits per heavy atom. The normalized spacial score (nSPS) is 10.3. The molecule has 0 unspecified atom stereocenters. The van der Waals surface area contributed by atoms with Gasteiger partial charge in [-0.3, -0.25) is 4.98 Å². The maximum absolute atomic E-state index is 5.95. The van der Waals surface area contributed by atoms with E-state index in [9.17, 15) is 0 Å². The lowest BCUT2D eigenvalue weighted by atomic mass is 10.2. The third kappa shape index (κ3) is 3.29. The molecule has 0 aliphatic carbocycles. The van der Waals surface area contributed by atoms with Crippen LogP contribution in [0.4, 0.5) is 11.4 Å². The molecule has 0 bridgehead atoms. The van der Waals surface area contributed by atoms with Crippen LogP contribution < -0.4 is 10.6 Å². The van der Waals surface area contributed by atoms with Crippen LogP contribution in [-0.2, 0) is 0 Å². The summed E-state index contributed by atoms with van der Waals surface area (Å²) in [5.41, 5.74) is 2.59. The van der Waals surface area contributed by atoms with Gasteiger partial charge in [-0.05, 0) is 42.5 Å². The summed E-state index contributed by atoms with van der Waals surface area (Å²) >= 11 is 11.3. The van der Waals surface area contributed by atoms with E-state index in [1.54, 1.807) is 6.20 Å². The van der Waals surface area contributed by atoms with Gasteiger partial charge in [0, 0.05) is 22.3 Å². The monoisotopic (exact) mass is 313 g/mol. The van der Waals surface area contributed by atoms with Gasteiger partial charge in [0.2, 0.25) is 0 Å². The predicted octanol–water partition coefficient (Wildman–Crippen LogP) is 4.70. The fourth-order valence-corrected chi connectivity index (χ4v) is 2.47. The van der Waals surface area contributed by atoms with E-state index < -0.39 is 0 Å². The van der Waals surface area contributed by atoms with Gasteiger partial charge in [-0.25, -0.2) is 0 Å². The highest BCUT2D eigenvalue weighted by molar-refractivity contribution is 7.80. The highest BCUT2D eigenvalue weighted by Crippen LogP contribution is 2.21. The number of hydrogen-bond acceptors (Lipinski definition) is 2. The molecule has 0 saturated heterocycles. The molecule has 3 nitrogen and oxygen atoms in total. The molecule has 21 heavy (non-hydrogen) atoms. The molecule has 0 atom stereocenters. The van der Waals surface area contributed by atoms with Crippen molar-refractivity contribution in [3.63, 3.8) is 0 Å². The number of nitrogens with one attached hydrogen (secondary N) is 2. The topological polar surface area (TPSA) is 37.0 Å². The van der Waals surface area contributed by atoms with Gasteiger partial charge >= 0.3 is 0 Å². The second-order valence-corrected chi connectivity index (χ2v) is 5.31. The summed E-state index contributed by atoms with van der Waals surface area (Å²) in [5.74, 6) is 0. The largest absolute Gasteiger partial charge is 0.332 e. The van der Waals surface area contributed by atoms with Crippen LogP contribution in [0, 0.1) is 0 Å². The lowest BCUT2D eigenvalue weighted by Crippen LogP contribution is -2.19. The van der Waals surface area contributed by atoms with Crippen molar-refractivity contribution < 1.29 is 0 Å². The highest BCUT2D eigenvalue weighted by atomic mass is 35.5. The Bertz CT molecular complexity index is 799. The lowest BCUT2D eigenvalue weighted by molar-refractivity contribution is 1.41. The molecule has 5 heteroatoms. The molecule has 0 fully saturated rings. The highest BCUT2D eigenvalue weighted by Gasteiger charge is 2.04. The average molecular weight is 314 g/mol. The summed E-state index contributed by atoms with van der Waals surface area (Å²) < 4.78 is 0. The summed E-state index contributed by atoms with van der Waals surface area (Å²) in [6.45, 7) is 0. The number of para-hydroxylation sites is 1. The van der Waals surface area contributed by atoms with Crippen LogP contribution in [0.5, 0.6) is 0 Å². The molecular weight excluding hydrogens is 302 g/mol. The van der Waals surface area contributed by atoms with Crippen LogP contribution in [-0.4, -0.2) is 10.1 Å². The Balaban J connectivity index is 1.80. The Morgan fingerprint density at radius 2 is 1.81 bits per heavy atom. The van der Waals surface area contributed by atoms with Crippen LogP contribution in [0.25, 0.3) is 10.9 Å². The molecule has 0 aliphatic heterocycles. The maximum atomic E-state index is 5.95. The van der Waals surface area contributed by atoms with Crippen molar-refractivity contribution in [1.82, 2.24) is 4.98 Å². The molecule has 1 heterocycles. The Hall–Kier alpha value is -2.17. The Labute approximate surface area is 133 Å². The first-order chi connectivity index (χ1) is 10.2. The van der Waals surface area contributed by atoms with Crippen molar-refractivity contribution in [2.24, 2.45) is 0 Å². The third-order valence-electron chi connectivity index (χ3n) is 2.96. The van der Waals surface area contributed by atoms with Crippen molar-refractivity contribution in [2.45, 2.75) is 0 Å². The Kier molecular flexibility index (Phi) is 3.99. The number of hydrogen-bond donors (Lipinski definition) is 2. The van der Waals surface area contributed by atoms with E-state index in [0.717, 1.165) is 22.3 Å². The number of halogens is 1.